The van der Waals surface area contributed by atoms with Crippen LogP contribution in [0, 0.1) is 5.92 Å². The average Bonchev–Trinajstić information content (AvgIpc) is 3.11. The van der Waals surface area contributed by atoms with E-state index in [1.165, 1.54) is 0 Å². The van der Waals surface area contributed by atoms with Gasteiger partial charge in [0, 0.05) is 17.5 Å². The third-order valence-electron chi connectivity index (χ3n) is 3.87. The number of carbonyl (C=O) groups excluding carboxylic acids is 2. The van der Waals surface area contributed by atoms with Gasteiger partial charge in [-0.15, -0.1) is 0 Å². The SMILES string of the molecule is CC(C)[C@@H](C)NC(=O)COC(=O)c1ccccc1CSC1=NCCS1. The third-order valence-corrected chi connectivity index (χ3v) is 6.17. The first-order chi connectivity index (χ1) is 12.0. The Hall–Kier alpha value is -1.47. The zero-order chi connectivity index (χ0) is 18.2. The lowest BCUT2D eigenvalue weighted by atomic mass is 10.1. The summed E-state index contributed by atoms with van der Waals surface area (Å²) in [6.45, 7) is 6.58. The standard InChI is InChI=1S/C18H24N2O3S2/c1-12(2)13(3)20-16(21)10-23-17(22)15-7-5-4-6-14(15)11-25-18-19-8-9-24-18/h4-7,12-13H,8-11H2,1-3H3,(H,20,21)/t13-/m1/s1. The molecule has 1 aliphatic rings. The van der Waals surface area contributed by atoms with Crippen LogP contribution >= 0.6 is 23.5 Å². The Morgan fingerprint density at radius 2 is 2.08 bits per heavy atom. The van der Waals surface area contributed by atoms with E-state index in [-0.39, 0.29) is 18.6 Å². The molecule has 0 unspecified atom stereocenters. The van der Waals surface area contributed by atoms with Crippen LogP contribution in [0.4, 0.5) is 0 Å². The molecule has 0 aliphatic carbocycles. The number of thioether (sulfide) groups is 2. The topological polar surface area (TPSA) is 67.8 Å². The van der Waals surface area contributed by atoms with Gasteiger partial charge in [-0.1, -0.05) is 55.6 Å². The molecule has 0 fully saturated rings. The Bertz CT molecular complexity index is 647. The van der Waals surface area contributed by atoms with Crippen LogP contribution in [0.1, 0.15) is 36.7 Å². The van der Waals surface area contributed by atoms with Crippen molar-refractivity contribution in [1.29, 1.82) is 0 Å². The normalized spacial score (nSPS) is 15.0. The summed E-state index contributed by atoms with van der Waals surface area (Å²) in [7, 11) is 0. The van der Waals surface area contributed by atoms with Crippen molar-refractivity contribution >= 4 is 39.8 Å². The first kappa shape index (κ1) is 19.8. The Morgan fingerprint density at radius 3 is 2.76 bits per heavy atom. The number of nitrogens with zero attached hydrogens (tertiary/aromatic N) is 1. The highest BCUT2D eigenvalue weighted by atomic mass is 32.2. The van der Waals surface area contributed by atoms with Crippen LogP contribution in [-0.4, -0.2) is 41.2 Å². The number of hydrogen-bond donors (Lipinski definition) is 1. The van der Waals surface area contributed by atoms with Crippen molar-refractivity contribution in [1.82, 2.24) is 5.32 Å². The van der Waals surface area contributed by atoms with Gasteiger partial charge in [0.15, 0.2) is 6.61 Å². The Kier molecular flexibility index (Phi) is 7.84. The molecule has 5 nitrogen and oxygen atoms in total. The Labute approximate surface area is 157 Å². The molecule has 7 heteroatoms. The second kappa shape index (κ2) is 9.87. The maximum atomic E-state index is 12.3. The number of benzene rings is 1. The highest BCUT2D eigenvalue weighted by molar-refractivity contribution is 8.38. The second-order valence-electron chi connectivity index (χ2n) is 6.12. The summed E-state index contributed by atoms with van der Waals surface area (Å²) in [5, 5.41) is 2.82. The molecule has 0 radical (unpaired) electrons. The summed E-state index contributed by atoms with van der Waals surface area (Å²) in [4.78, 5) is 28.6. The molecule has 0 aromatic heterocycles. The first-order valence-electron chi connectivity index (χ1n) is 8.31. The number of carbonyl (C=O) groups is 2. The van der Waals surface area contributed by atoms with Crippen molar-refractivity contribution in [2.75, 3.05) is 18.9 Å². The summed E-state index contributed by atoms with van der Waals surface area (Å²) in [5.41, 5.74) is 1.40. The summed E-state index contributed by atoms with van der Waals surface area (Å²) in [6.07, 6.45) is 0. The quantitative estimate of drug-likeness (QED) is 0.735. The number of amides is 1. The number of rotatable bonds is 7. The number of nitrogens with one attached hydrogen (secondary N) is 1. The first-order valence-corrected chi connectivity index (χ1v) is 10.3. The van der Waals surface area contributed by atoms with Gasteiger partial charge in [0.2, 0.25) is 0 Å². The molecule has 25 heavy (non-hydrogen) atoms. The van der Waals surface area contributed by atoms with Gasteiger partial charge >= 0.3 is 5.97 Å². The molecule has 1 heterocycles. The molecule has 0 bridgehead atoms. The minimum Gasteiger partial charge on any atom is -0.452 e. The van der Waals surface area contributed by atoms with Crippen LogP contribution in [0.2, 0.25) is 0 Å². The van der Waals surface area contributed by atoms with Crippen molar-refractivity contribution in [3.8, 4) is 0 Å². The highest BCUT2D eigenvalue weighted by Gasteiger charge is 2.17. The summed E-state index contributed by atoms with van der Waals surface area (Å²) in [5.74, 6) is 1.26. The molecule has 1 aliphatic heterocycles. The van der Waals surface area contributed by atoms with Crippen LogP contribution in [0.25, 0.3) is 0 Å². The van der Waals surface area contributed by atoms with E-state index in [4.69, 9.17) is 4.74 Å². The van der Waals surface area contributed by atoms with Gasteiger partial charge in [-0.3, -0.25) is 9.79 Å². The molecule has 1 atom stereocenters. The predicted octanol–water partition coefficient (Wildman–Crippen LogP) is 3.34. The smallest absolute Gasteiger partial charge is 0.338 e. The van der Waals surface area contributed by atoms with Gasteiger partial charge in [-0.2, -0.15) is 0 Å². The van der Waals surface area contributed by atoms with Crippen molar-refractivity contribution in [2.45, 2.75) is 32.6 Å². The zero-order valence-corrected chi connectivity index (χ0v) is 16.4. The number of ether oxygens (including phenoxy) is 1. The van der Waals surface area contributed by atoms with Gasteiger partial charge in [0.1, 0.15) is 4.38 Å². The van der Waals surface area contributed by atoms with Crippen LogP contribution in [0.5, 0.6) is 0 Å². The van der Waals surface area contributed by atoms with E-state index in [0.717, 1.165) is 22.2 Å². The maximum Gasteiger partial charge on any atom is 0.338 e. The molecule has 136 valence electrons. The lowest BCUT2D eigenvalue weighted by Gasteiger charge is -2.17. The van der Waals surface area contributed by atoms with Crippen LogP contribution in [0.15, 0.2) is 29.3 Å². The largest absolute Gasteiger partial charge is 0.452 e. The zero-order valence-electron chi connectivity index (χ0n) is 14.8. The number of hydrogen-bond acceptors (Lipinski definition) is 6. The fourth-order valence-electron chi connectivity index (χ4n) is 2.06. The molecule has 1 aromatic rings. The molecule has 1 aromatic carbocycles. The molecule has 0 spiro atoms. The lowest BCUT2D eigenvalue weighted by molar-refractivity contribution is -0.125. The van der Waals surface area contributed by atoms with E-state index < -0.39 is 5.97 Å². The number of aliphatic imine (C=N–C) groups is 1. The predicted molar refractivity (Wildman–Crippen MR) is 105 cm³/mol. The van der Waals surface area contributed by atoms with Gasteiger partial charge in [-0.05, 0) is 24.5 Å². The molecule has 2 rings (SSSR count). The molecular weight excluding hydrogens is 356 g/mol. The molecular formula is C18H24N2O3S2. The van der Waals surface area contributed by atoms with Crippen molar-refractivity contribution in [3.05, 3.63) is 35.4 Å². The van der Waals surface area contributed by atoms with Crippen LogP contribution < -0.4 is 5.32 Å². The van der Waals surface area contributed by atoms with Gasteiger partial charge in [0.25, 0.3) is 5.91 Å². The maximum absolute atomic E-state index is 12.3. The van der Waals surface area contributed by atoms with Crippen molar-refractivity contribution in [2.24, 2.45) is 10.9 Å². The monoisotopic (exact) mass is 380 g/mol. The lowest BCUT2D eigenvalue weighted by Crippen LogP contribution is -2.38. The van der Waals surface area contributed by atoms with Gasteiger partial charge < -0.3 is 10.1 Å². The van der Waals surface area contributed by atoms with Gasteiger partial charge in [-0.25, -0.2) is 4.79 Å². The van der Waals surface area contributed by atoms with Crippen LogP contribution in [-0.2, 0) is 15.3 Å². The Morgan fingerprint density at radius 1 is 1.32 bits per heavy atom. The summed E-state index contributed by atoms with van der Waals surface area (Å²) in [6, 6.07) is 7.38. The molecule has 0 saturated heterocycles. The fraction of sp³-hybridized carbons (Fsp3) is 0.500. The fourth-order valence-corrected chi connectivity index (χ4v) is 4.07. The third kappa shape index (κ3) is 6.40. The van der Waals surface area contributed by atoms with Crippen molar-refractivity contribution in [3.63, 3.8) is 0 Å². The minimum atomic E-state index is -0.468. The second-order valence-corrected chi connectivity index (χ2v) is 8.42. The van der Waals surface area contributed by atoms with Crippen molar-refractivity contribution < 1.29 is 14.3 Å². The van der Waals surface area contributed by atoms with E-state index in [2.05, 4.69) is 10.3 Å². The highest BCUT2D eigenvalue weighted by Crippen LogP contribution is 2.26. The molecule has 0 saturated carbocycles. The van der Waals surface area contributed by atoms with E-state index in [9.17, 15) is 9.59 Å². The molecule has 1 amide bonds. The average molecular weight is 381 g/mol. The Balaban J connectivity index is 1.89. The van der Waals surface area contributed by atoms with E-state index in [1.54, 1.807) is 35.7 Å². The van der Waals surface area contributed by atoms with Gasteiger partial charge in [0.05, 0.1) is 12.1 Å². The summed E-state index contributed by atoms with van der Waals surface area (Å²) >= 11 is 3.37. The van der Waals surface area contributed by atoms with E-state index >= 15 is 0 Å². The van der Waals surface area contributed by atoms with E-state index in [0.29, 0.717) is 17.2 Å². The molecule has 1 N–H and O–H groups in total. The van der Waals surface area contributed by atoms with Crippen LogP contribution in [0.3, 0.4) is 0 Å². The van der Waals surface area contributed by atoms with E-state index in [1.807, 2.05) is 32.9 Å². The summed E-state index contributed by atoms with van der Waals surface area (Å²) < 4.78 is 6.25. The number of esters is 1. The minimum absolute atomic E-state index is 0.0413.